The number of hydrogen-bond donors (Lipinski definition) is 3. The van der Waals surface area contributed by atoms with Crippen LogP contribution in [0.25, 0.3) is 0 Å². The van der Waals surface area contributed by atoms with E-state index in [9.17, 15) is 24.0 Å². The Labute approximate surface area is 188 Å². The molecule has 170 valence electrons. The first-order valence-electron chi connectivity index (χ1n) is 9.91. The molecule has 1 heterocycles. The minimum Gasteiger partial charge on any atom is -0.427 e. The summed E-state index contributed by atoms with van der Waals surface area (Å²) in [6.45, 7) is 1.40. The lowest BCUT2D eigenvalue weighted by atomic mass is 9.67. The van der Waals surface area contributed by atoms with Crippen LogP contribution < -0.4 is 5.32 Å². The second-order valence-electron chi connectivity index (χ2n) is 7.73. The van der Waals surface area contributed by atoms with Gasteiger partial charge in [-0.25, -0.2) is 4.39 Å². The van der Waals surface area contributed by atoms with Gasteiger partial charge in [-0.05, 0) is 67.5 Å². The van der Waals surface area contributed by atoms with Gasteiger partial charge in [-0.3, -0.25) is 9.59 Å². The monoisotopic (exact) mass is 468 g/mol. The summed E-state index contributed by atoms with van der Waals surface area (Å²) in [5, 5.41) is 20.6. The van der Waals surface area contributed by atoms with Crippen LogP contribution in [0, 0.1) is 12.7 Å². The number of aryl methyl sites for hydroxylation is 1. The summed E-state index contributed by atoms with van der Waals surface area (Å²) < 4.78 is 43.5. The van der Waals surface area contributed by atoms with Crippen LogP contribution in [0.4, 0.5) is 18.9 Å². The first-order chi connectivity index (χ1) is 15.0. The third-order valence-corrected chi connectivity index (χ3v) is 5.83. The maximum atomic E-state index is 15.1. The fraction of sp³-hybridized carbons (Fsp3) is 0.333. The molecule has 1 aliphatic rings. The molecule has 0 spiro atoms. The van der Waals surface area contributed by atoms with Crippen LogP contribution in [-0.4, -0.2) is 47.0 Å². The molecule has 0 bridgehead atoms. The zero-order valence-corrected chi connectivity index (χ0v) is 17.9. The van der Waals surface area contributed by atoms with E-state index in [-0.39, 0.29) is 42.2 Å². The highest BCUT2D eigenvalue weighted by molar-refractivity contribution is 6.43. The summed E-state index contributed by atoms with van der Waals surface area (Å²) in [5.74, 6) is -7.14. The Hall–Kier alpha value is -2.56. The number of nitrogens with zero attached hydrogens (tertiary/aromatic N) is 1. The Morgan fingerprint density at radius 1 is 1.16 bits per heavy atom. The number of halogens is 4. The standard InChI is InChI=1S/C21H21BClF3N2O4/c1-12-10-15(3-5-18(12)24)27-19(29)13-2-4-17(23)16(11-13)21(25,26)20(30)28-8-6-14(7-9-28)22(31)32/h2-5,10-11,14,31-32H,6-9H2,1H3,(H,27,29). The molecule has 0 aliphatic carbocycles. The van der Waals surface area contributed by atoms with Crippen molar-refractivity contribution in [1.82, 2.24) is 4.90 Å². The van der Waals surface area contributed by atoms with Gasteiger partial charge >= 0.3 is 13.0 Å². The van der Waals surface area contributed by atoms with E-state index in [1.165, 1.54) is 31.2 Å². The summed E-state index contributed by atoms with van der Waals surface area (Å²) in [7, 11) is -1.57. The summed E-state index contributed by atoms with van der Waals surface area (Å²) >= 11 is 5.94. The number of hydrogen-bond acceptors (Lipinski definition) is 4. The van der Waals surface area contributed by atoms with Crippen LogP contribution >= 0.6 is 11.6 Å². The van der Waals surface area contributed by atoms with Gasteiger partial charge in [-0.1, -0.05) is 11.6 Å². The van der Waals surface area contributed by atoms with E-state index in [0.717, 1.165) is 17.0 Å². The van der Waals surface area contributed by atoms with Gasteiger partial charge in [0.05, 0.1) is 10.6 Å². The first-order valence-corrected chi connectivity index (χ1v) is 10.3. The van der Waals surface area contributed by atoms with E-state index in [1.807, 2.05) is 0 Å². The van der Waals surface area contributed by atoms with Crippen LogP contribution in [0.1, 0.15) is 34.3 Å². The van der Waals surface area contributed by atoms with Gasteiger partial charge in [0, 0.05) is 24.3 Å². The largest absolute Gasteiger partial charge is 0.454 e. The predicted molar refractivity (Wildman–Crippen MR) is 114 cm³/mol. The van der Waals surface area contributed by atoms with Gasteiger partial charge in [0.15, 0.2) is 0 Å². The lowest BCUT2D eigenvalue weighted by Crippen LogP contribution is -2.46. The van der Waals surface area contributed by atoms with Gasteiger partial charge in [0.1, 0.15) is 5.82 Å². The van der Waals surface area contributed by atoms with Crippen LogP contribution in [0.2, 0.25) is 10.8 Å². The molecule has 1 saturated heterocycles. The third kappa shape index (κ3) is 5.08. The molecule has 6 nitrogen and oxygen atoms in total. The predicted octanol–water partition coefficient (Wildman–Crippen LogP) is 3.60. The molecule has 0 radical (unpaired) electrons. The van der Waals surface area contributed by atoms with E-state index >= 15 is 8.78 Å². The van der Waals surface area contributed by atoms with Crippen LogP contribution in [0.3, 0.4) is 0 Å². The Bertz CT molecular complexity index is 1030. The quantitative estimate of drug-likeness (QED) is 0.585. The number of alkyl halides is 2. The SMILES string of the molecule is Cc1cc(NC(=O)c2ccc(Cl)c(C(F)(F)C(=O)N3CCC(B(O)O)CC3)c2)ccc1F. The molecule has 1 fully saturated rings. The Balaban J connectivity index is 1.79. The fourth-order valence-electron chi connectivity index (χ4n) is 3.55. The number of benzene rings is 2. The number of piperidine rings is 1. The molecule has 2 amide bonds. The average Bonchev–Trinajstić information content (AvgIpc) is 2.76. The molecule has 2 aromatic rings. The maximum Gasteiger partial charge on any atom is 0.454 e. The first kappa shape index (κ1) is 24.1. The molecule has 0 aromatic heterocycles. The van der Waals surface area contributed by atoms with Crippen LogP contribution in [0.15, 0.2) is 36.4 Å². The third-order valence-electron chi connectivity index (χ3n) is 5.50. The van der Waals surface area contributed by atoms with E-state index in [1.54, 1.807) is 0 Å². The molecule has 0 atom stereocenters. The molecule has 2 aromatic carbocycles. The Morgan fingerprint density at radius 3 is 2.41 bits per heavy atom. The topological polar surface area (TPSA) is 89.9 Å². The van der Waals surface area contributed by atoms with E-state index in [2.05, 4.69) is 5.32 Å². The Morgan fingerprint density at radius 2 is 1.81 bits per heavy atom. The highest BCUT2D eigenvalue weighted by atomic mass is 35.5. The number of amides is 2. The summed E-state index contributed by atoms with van der Waals surface area (Å²) in [6, 6.07) is 7.11. The van der Waals surface area contributed by atoms with Crippen molar-refractivity contribution in [3.63, 3.8) is 0 Å². The molecule has 0 unspecified atom stereocenters. The highest BCUT2D eigenvalue weighted by Crippen LogP contribution is 2.37. The lowest BCUT2D eigenvalue weighted by molar-refractivity contribution is -0.160. The summed E-state index contributed by atoms with van der Waals surface area (Å²) in [4.78, 5) is 26.0. The summed E-state index contributed by atoms with van der Waals surface area (Å²) in [5.41, 5.74) is -0.381. The van der Waals surface area contributed by atoms with Crippen molar-refractivity contribution in [1.29, 1.82) is 0 Å². The van der Waals surface area contributed by atoms with Crippen LogP contribution in [0.5, 0.6) is 0 Å². The smallest absolute Gasteiger partial charge is 0.427 e. The van der Waals surface area contributed by atoms with Crippen molar-refractivity contribution in [3.8, 4) is 0 Å². The van der Waals surface area contributed by atoms with Gasteiger partial charge in [0.25, 0.3) is 11.8 Å². The number of carbonyl (C=O) groups excluding carboxylic acids is 2. The number of carbonyl (C=O) groups is 2. The molecular formula is C21H21BClF3N2O4. The lowest BCUT2D eigenvalue weighted by Gasteiger charge is -2.34. The number of rotatable bonds is 5. The van der Waals surface area contributed by atoms with Crippen molar-refractivity contribution in [2.75, 3.05) is 18.4 Å². The molecule has 1 aliphatic heterocycles. The molecule has 3 N–H and O–H groups in total. The van der Waals surface area contributed by atoms with Crippen LogP contribution in [-0.2, 0) is 10.7 Å². The molecule has 0 saturated carbocycles. The van der Waals surface area contributed by atoms with Gasteiger partial charge < -0.3 is 20.3 Å². The normalized spacial score (nSPS) is 14.9. The average molecular weight is 469 g/mol. The summed E-state index contributed by atoms with van der Waals surface area (Å²) in [6.07, 6.45) is 0.347. The second-order valence-corrected chi connectivity index (χ2v) is 8.14. The van der Waals surface area contributed by atoms with Gasteiger partial charge in [-0.2, -0.15) is 8.78 Å². The van der Waals surface area contributed by atoms with Crippen molar-refractivity contribution in [2.45, 2.75) is 31.5 Å². The van der Waals surface area contributed by atoms with E-state index < -0.39 is 42.1 Å². The zero-order chi connectivity index (χ0) is 23.6. The van der Waals surface area contributed by atoms with Gasteiger partial charge in [-0.15, -0.1) is 0 Å². The minimum atomic E-state index is -4.00. The minimum absolute atomic E-state index is 0.0571. The number of nitrogens with one attached hydrogen (secondary N) is 1. The number of anilines is 1. The van der Waals surface area contributed by atoms with Crippen molar-refractivity contribution < 1.29 is 32.8 Å². The highest BCUT2D eigenvalue weighted by Gasteiger charge is 2.46. The molecule has 32 heavy (non-hydrogen) atoms. The number of likely N-dealkylation sites (tertiary alicyclic amines) is 1. The van der Waals surface area contributed by atoms with E-state index in [4.69, 9.17) is 11.6 Å². The fourth-order valence-corrected chi connectivity index (χ4v) is 3.78. The van der Waals surface area contributed by atoms with Crippen molar-refractivity contribution >= 4 is 36.2 Å². The van der Waals surface area contributed by atoms with E-state index in [0.29, 0.717) is 5.56 Å². The van der Waals surface area contributed by atoms with Gasteiger partial charge in [0.2, 0.25) is 0 Å². The molecular weight excluding hydrogens is 448 g/mol. The molecule has 3 rings (SSSR count). The van der Waals surface area contributed by atoms with Crippen molar-refractivity contribution in [3.05, 3.63) is 63.9 Å². The zero-order valence-electron chi connectivity index (χ0n) is 17.1. The Kier molecular flexibility index (Phi) is 7.17. The second kappa shape index (κ2) is 9.52. The maximum absolute atomic E-state index is 15.1. The van der Waals surface area contributed by atoms with Crippen molar-refractivity contribution in [2.24, 2.45) is 0 Å². The molecule has 11 heteroatoms.